The van der Waals surface area contributed by atoms with Crippen molar-refractivity contribution < 1.29 is 28.6 Å². The molecule has 1 rings (SSSR count). The Labute approximate surface area is 171 Å². The fourth-order valence-corrected chi connectivity index (χ4v) is 2.28. The maximum absolute atomic E-state index is 12.6. The van der Waals surface area contributed by atoms with E-state index in [2.05, 4.69) is 10.4 Å². The van der Waals surface area contributed by atoms with E-state index < -0.39 is 36.5 Å². The molecule has 0 heterocycles. The molecule has 29 heavy (non-hydrogen) atoms. The number of hydrogen-bond acceptors (Lipinski definition) is 6. The molecule has 0 saturated carbocycles. The maximum Gasteiger partial charge on any atom is 0.433 e. The van der Waals surface area contributed by atoms with Gasteiger partial charge in [0.2, 0.25) is 0 Å². The van der Waals surface area contributed by atoms with Crippen LogP contribution in [0.15, 0.2) is 35.3 Å². The van der Waals surface area contributed by atoms with E-state index in [0.717, 1.165) is 5.01 Å². The van der Waals surface area contributed by atoms with E-state index in [1.165, 1.54) is 0 Å². The van der Waals surface area contributed by atoms with Crippen molar-refractivity contribution in [3.63, 3.8) is 0 Å². The molecule has 9 nitrogen and oxygen atoms in total. The first-order chi connectivity index (χ1) is 13.6. The minimum absolute atomic E-state index is 0.150. The lowest BCUT2D eigenvalue weighted by atomic mass is 10.0. The molecular formula is C20H29N3O6. The molecule has 3 amide bonds. The number of nitrogens with zero attached hydrogens (tertiary/aromatic N) is 2. The van der Waals surface area contributed by atoms with E-state index in [-0.39, 0.29) is 12.3 Å². The zero-order valence-electron chi connectivity index (χ0n) is 17.7. The van der Waals surface area contributed by atoms with Gasteiger partial charge < -0.3 is 14.2 Å². The number of benzene rings is 1. The second-order valence-electron chi connectivity index (χ2n) is 6.61. The summed E-state index contributed by atoms with van der Waals surface area (Å²) >= 11 is 0. The zero-order valence-corrected chi connectivity index (χ0v) is 17.7. The highest BCUT2D eigenvalue weighted by atomic mass is 16.6. The van der Waals surface area contributed by atoms with Crippen LogP contribution in [0.2, 0.25) is 0 Å². The Morgan fingerprint density at radius 2 is 1.59 bits per heavy atom. The van der Waals surface area contributed by atoms with Crippen LogP contribution in [0.1, 0.15) is 47.1 Å². The topological polar surface area (TPSA) is 107 Å². The molecule has 1 atom stereocenters. The van der Waals surface area contributed by atoms with Gasteiger partial charge >= 0.3 is 18.3 Å². The van der Waals surface area contributed by atoms with Crippen LogP contribution in [0.4, 0.5) is 14.4 Å². The second-order valence-corrected chi connectivity index (χ2v) is 6.61. The number of rotatable bonds is 6. The maximum atomic E-state index is 12.6. The van der Waals surface area contributed by atoms with Crippen LogP contribution < -0.4 is 5.43 Å². The number of aliphatic imine (C=N–C) groups is 1. The van der Waals surface area contributed by atoms with Gasteiger partial charge in [-0.2, -0.15) is 4.99 Å². The molecule has 9 heteroatoms. The average molecular weight is 407 g/mol. The molecule has 0 fully saturated rings. The van der Waals surface area contributed by atoms with E-state index in [9.17, 15) is 14.4 Å². The third-order valence-electron chi connectivity index (χ3n) is 3.42. The van der Waals surface area contributed by atoms with Crippen LogP contribution in [0.25, 0.3) is 0 Å². The van der Waals surface area contributed by atoms with Crippen molar-refractivity contribution in [3.05, 3.63) is 35.9 Å². The van der Waals surface area contributed by atoms with Gasteiger partial charge in [-0.05, 0) is 47.1 Å². The number of hydrogen-bond donors (Lipinski definition) is 1. The molecule has 0 saturated heterocycles. The highest BCUT2D eigenvalue weighted by molar-refractivity contribution is 6.09. The minimum Gasteiger partial charge on any atom is -0.448 e. The number of carbonyl (C=O) groups is 3. The molecule has 1 aromatic rings. The SMILES string of the molecule is CCOC(=O)/N=C(\c1ccccc1)[C@@H](C)N(NC(=O)OC(C)C)C(=O)OC(C)C. The van der Waals surface area contributed by atoms with Crippen molar-refractivity contribution in [2.24, 2.45) is 4.99 Å². The lowest BCUT2D eigenvalue weighted by molar-refractivity contribution is 0.0426. The molecule has 0 aliphatic rings. The Hall–Kier alpha value is -3.10. The predicted octanol–water partition coefficient (Wildman–Crippen LogP) is 3.92. The van der Waals surface area contributed by atoms with E-state index in [4.69, 9.17) is 14.2 Å². The van der Waals surface area contributed by atoms with Crippen LogP contribution in [0, 0.1) is 0 Å². The third-order valence-corrected chi connectivity index (χ3v) is 3.42. The largest absolute Gasteiger partial charge is 0.448 e. The smallest absolute Gasteiger partial charge is 0.433 e. The summed E-state index contributed by atoms with van der Waals surface area (Å²) in [6.07, 6.45) is -3.28. The zero-order chi connectivity index (χ0) is 22.0. The van der Waals surface area contributed by atoms with E-state index in [0.29, 0.717) is 5.56 Å². The number of carbonyl (C=O) groups excluding carboxylic acids is 3. The van der Waals surface area contributed by atoms with Gasteiger partial charge in [0.25, 0.3) is 0 Å². The molecule has 1 aromatic carbocycles. The van der Waals surface area contributed by atoms with Gasteiger partial charge in [-0.15, -0.1) is 0 Å². The van der Waals surface area contributed by atoms with Crippen LogP contribution >= 0.6 is 0 Å². The van der Waals surface area contributed by atoms with Gasteiger partial charge in [-0.1, -0.05) is 30.3 Å². The minimum atomic E-state index is -0.868. The Morgan fingerprint density at radius 3 is 2.10 bits per heavy atom. The summed E-state index contributed by atoms with van der Waals surface area (Å²) in [7, 11) is 0. The highest BCUT2D eigenvalue weighted by Crippen LogP contribution is 2.12. The molecule has 0 aliphatic carbocycles. The van der Waals surface area contributed by atoms with Crippen molar-refractivity contribution in [2.45, 2.75) is 59.8 Å². The lowest BCUT2D eigenvalue weighted by Crippen LogP contribution is -2.55. The lowest BCUT2D eigenvalue weighted by Gasteiger charge is -2.30. The standard InChI is InChI=1S/C20H29N3O6/c1-7-27-18(24)21-17(16-11-9-8-10-12-16)15(6)23(20(26)29-14(4)5)22-19(25)28-13(2)3/h8-15H,7H2,1-6H3,(H,22,25)/b21-17-/t15-/m1/s1. The Kier molecular flexibility index (Phi) is 9.64. The van der Waals surface area contributed by atoms with Crippen LogP contribution in [-0.2, 0) is 14.2 Å². The monoisotopic (exact) mass is 407 g/mol. The number of ether oxygens (including phenoxy) is 3. The predicted molar refractivity (Wildman–Crippen MR) is 108 cm³/mol. The number of amides is 3. The van der Waals surface area contributed by atoms with Gasteiger partial charge in [-0.3, -0.25) is 0 Å². The van der Waals surface area contributed by atoms with E-state index in [1.807, 2.05) is 0 Å². The van der Waals surface area contributed by atoms with Crippen LogP contribution in [0.3, 0.4) is 0 Å². The van der Waals surface area contributed by atoms with Crippen molar-refractivity contribution in [2.75, 3.05) is 6.61 Å². The molecule has 1 N–H and O–H groups in total. The Balaban J connectivity index is 3.30. The fraction of sp³-hybridized carbons (Fsp3) is 0.500. The molecule has 0 bridgehead atoms. The first-order valence-electron chi connectivity index (χ1n) is 9.43. The Morgan fingerprint density at radius 1 is 1.00 bits per heavy atom. The number of nitrogens with one attached hydrogen (secondary N) is 1. The summed E-state index contributed by atoms with van der Waals surface area (Å²) in [6, 6.07) is 7.92. The number of hydrazine groups is 1. The van der Waals surface area contributed by atoms with Crippen molar-refractivity contribution in [1.82, 2.24) is 10.4 Å². The molecule has 160 valence electrons. The molecular weight excluding hydrogens is 378 g/mol. The van der Waals surface area contributed by atoms with Crippen LogP contribution in [0.5, 0.6) is 0 Å². The summed E-state index contributed by atoms with van der Waals surface area (Å²) in [5.41, 5.74) is 3.17. The average Bonchev–Trinajstić information content (AvgIpc) is 2.63. The van der Waals surface area contributed by atoms with Gasteiger partial charge in [0.05, 0.1) is 30.6 Å². The first kappa shape index (κ1) is 23.9. The molecule has 0 unspecified atom stereocenters. The van der Waals surface area contributed by atoms with Gasteiger partial charge in [0.15, 0.2) is 0 Å². The van der Waals surface area contributed by atoms with E-state index >= 15 is 0 Å². The van der Waals surface area contributed by atoms with Crippen molar-refractivity contribution >= 4 is 24.0 Å². The van der Waals surface area contributed by atoms with Crippen molar-refractivity contribution in [1.29, 1.82) is 0 Å². The van der Waals surface area contributed by atoms with Gasteiger partial charge in [0, 0.05) is 0 Å². The Bertz CT molecular complexity index is 718. The normalized spacial score (nSPS) is 12.3. The molecule has 0 aromatic heterocycles. The summed E-state index contributed by atoms with van der Waals surface area (Å²) in [5, 5.41) is 0.940. The molecule has 0 radical (unpaired) electrons. The second kappa shape index (κ2) is 11.7. The molecule has 0 spiro atoms. The summed E-state index contributed by atoms with van der Waals surface area (Å²) in [6.45, 7) is 10.1. The molecule has 0 aliphatic heterocycles. The van der Waals surface area contributed by atoms with Crippen molar-refractivity contribution in [3.8, 4) is 0 Å². The summed E-state index contributed by atoms with van der Waals surface area (Å²) in [4.78, 5) is 40.8. The van der Waals surface area contributed by atoms with E-state index in [1.54, 1.807) is 71.9 Å². The quantitative estimate of drug-likeness (QED) is 0.435. The van der Waals surface area contributed by atoms with Crippen LogP contribution in [-0.4, -0.2) is 53.9 Å². The van der Waals surface area contributed by atoms with Gasteiger partial charge in [0.1, 0.15) is 0 Å². The fourth-order valence-electron chi connectivity index (χ4n) is 2.28. The highest BCUT2D eigenvalue weighted by Gasteiger charge is 2.30. The third kappa shape index (κ3) is 8.20. The summed E-state index contributed by atoms with van der Waals surface area (Å²) in [5.74, 6) is 0. The van der Waals surface area contributed by atoms with Gasteiger partial charge in [-0.25, -0.2) is 24.8 Å². The first-order valence-corrected chi connectivity index (χ1v) is 9.43. The summed E-state index contributed by atoms with van der Waals surface area (Å²) < 4.78 is 15.2.